The molecule has 1 amide bonds. The highest BCUT2D eigenvalue weighted by atomic mass is 32.2. The fraction of sp³-hybridized carbons (Fsp3) is 0.133. The van der Waals surface area contributed by atoms with Gasteiger partial charge >= 0.3 is 0 Å². The van der Waals surface area contributed by atoms with Gasteiger partial charge in [-0.3, -0.25) is 9.52 Å². The number of carbonyl (C=O) groups excluding carboxylic acids is 1. The zero-order chi connectivity index (χ0) is 17.9. The number of halogens is 2. The van der Waals surface area contributed by atoms with Gasteiger partial charge in [0.15, 0.2) is 17.3 Å². The number of benzene rings is 2. The summed E-state index contributed by atoms with van der Waals surface area (Å²) >= 11 is 0. The Labute approximate surface area is 137 Å². The standard InChI is InChI=1S/C15H14F2N2O4S/c1-18-15(20)9-3-5-12(19-24(2,21)22)14(7-9)23-13-6-4-10(16)8-11(13)17/h3-8,19H,1-2H3,(H,18,20). The van der Waals surface area contributed by atoms with E-state index in [4.69, 9.17) is 4.74 Å². The van der Waals surface area contributed by atoms with E-state index in [-0.39, 0.29) is 22.7 Å². The number of nitrogens with one attached hydrogen (secondary N) is 2. The van der Waals surface area contributed by atoms with Crippen LogP contribution in [0.15, 0.2) is 36.4 Å². The minimum Gasteiger partial charge on any atom is -0.452 e. The van der Waals surface area contributed by atoms with Crippen LogP contribution in [0.3, 0.4) is 0 Å². The first-order valence-electron chi connectivity index (χ1n) is 6.66. The van der Waals surface area contributed by atoms with E-state index in [9.17, 15) is 22.0 Å². The Morgan fingerprint density at radius 2 is 1.79 bits per heavy atom. The Morgan fingerprint density at radius 1 is 1.08 bits per heavy atom. The van der Waals surface area contributed by atoms with Crippen LogP contribution in [0.4, 0.5) is 14.5 Å². The van der Waals surface area contributed by atoms with E-state index in [1.165, 1.54) is 25.2 Å². The molecule has 128 valence electrons. The summed E-state index contributed by atoms with van der Waals surface area (Å²) in [5.74, 6) is -2.61. The number of hydrogen-bond donors (Lipinski definition) is 2. The molecular formula is C15H14F2N2O4S. The van der Waals surface area contributed by atoms with Crippen molar-refractivity contribution in [3.05, 3.63) is 53.6 Å². The molecule has 0 radical (unpaired) electrons. The summed E-state index contributed by atoms with van der Waals surface area (Å²) < 4.78 is 57.1. The van der Waals surface area contributed by atoms with Gasteiger partial charge < -0.3 is 10.1 Å². The second-order valence-electron chi connectivity index (χ2n) is 4.84. The Kier molecular flexibility index (Phi) is 5.03. The summed E-state index contributed by atoms with van der Waals surface area (Å²) in [6.45, 7) is 0. The highest BCUT2D eigenvalue weighted by Gasteiger charge is 2.15. The van der Waals surface area contributed by atoms with Gasteiger partial charge in [0, 0.05) is 18.7 Å². The summed E-state index contributed by atoms with van der Waals surface area (Å²) in [6, 6.07) is 6.60. The maximum Gasteiger partial charge on any atom is 0.251 e. The molecule has 0 saturated heterocycles. The molecule has 0 aliphatic rings. The van der Waals surface area contributed by atoms with Gasteiger partial charge in [-0.15, -0.1) is 0 Å². The van der Waals surface area contributed by atoms with E-state index in [1.807, 2.05) is 0 Å². The molecule has 0 heterocycles. The topological polar surface area (TPSA) is 84.5 Å². The van der Waals surface area contributed by atoms with Crippen LogP contribution >= 0.6 is 0 Å². The third-order valence-corrected chi connectivity index (χ3v) is 3.47. The predicted molar refractivity (Wildman–Crippen MR) is 84.7 cm³/mol. The van der Waals surface area contributed by atoms with Crippen molar-refractivity contribution in [1.82, 2.24) is 5.32 Å². The van der Waals surface area contributed by atoms with Crippen molar-refractivity contribution in [2.24, 2.45) is 0 Å². The van der Waals surface area contributed by atoms with Gasteiger partial charge in [-0.25, -0.2) is 17.2 Å². The lowest BCUT2D eigenvalue weighted by Crippen LogP contribution is -2.18. The molecule has 2 rings (SSSR count). The maximum atomic E-state index is 13.7. The van der Waals surface area contributed by atoms with E-state index in [1.54, 1.807) is 0 Å². The number of rotatable bonds is 5. The lowest BCUT2D eigenvalue weighted by molar-refractivity contribution is 0.0963. The molecule has 2 N–H and O–H groups in total. The van der Waals surface area contributed by atoms with Crippen LogP contribution in [0.1, 0.15) is 10.4 Å². The molecule has 0 aliphatic heterocycles. The molecule has 2 aromatic rings. The van der Waals surface area contributed by atoms with Crippen molar-refractivity contribution in [2.45, 2.75) is 0 Å². The Hall–Kier alpha value is -2.68. The number of sulfonamides is 1. The minimum atomic E-state index is -3.63. The monoisotopic (exact) mass is 356 g/mol. The molecule has 0 atom stereocenters. The van der Waals surface area contributed by atoms with Crippen molar-refractivity contribution < 1.29 is 26.7 Å². The third-order valence-electron chi connectivity index (χ3n) is 2.88. The van der Waals surface area contributed by atoms with Crippen LogP contribution in [0.5, 0.6) is 11.5 Å². The number of amides is 1. The molecular weight excluding hydrogens is 342 g/mol. The molecule has 9 heteroatoms. The van der Waals surface area contributed by atoms with Crippen molar-refractivity contribution in [3.8, 4) is 11.5 Å². The maximum absolute atomic E-state index is 13.7. The molecule has 0 bridgehead atoms. The zero-order valence-corrected chi connectivity index (χ0v) is 13.6. The molecule has 0 saturated carbocycles. The van der Waals surface area contributed by atoms with Gasteiger partial charge in [0.25, 0.3) is 5.91 Å². The van der Waals surface area contributed by atoms with Crippen LogP contribution in [0.25, 0.3) is 0 Å². The molecule has 0 unspecified atom stereocenters. The predicted octanol–water partition coefficient (Wildman–Crippen LogP) is 2.49. The highest BCUT2D eigenvalue weighted by molar-refractivity contribution is 7.92. The smallest absolute Gasteiger partial charge is 0.251 e. The summed E-state index contributed by atoms with van der Waals surface area (Å²) in [5, 5.41) is 2.40. The zero-order valence-electron chi connectivity index (χ0n) is 12.8. The van der Waals surface area contributed by atoms with E-state index < -0.39 is 27.6 Å². The van der Waals surface area contributed by atoms with Crippen LogP contribution in [-0.4, -0.2) is 27.6 Å². The van der Waals surface area contributed by atoms with Gasteiger partial charge in [-0.1, -0.05) is 0 Å². The normalized spacial score (nSPS) is 11.0. The highest BCUT2D eigenvalue weighted by Crippen LogP contribution is 2.32. The fourth-order valence-corrected chi connectivity index (χ4v) is 2.42. The van der Waals surface area contributed by atoms with Crippen LogP contribution in [0, 0.1) is 11.6 Å². The van der Waals surface area contributed by atoms with E-state index in [2.05, 4.69) is 10.0 Å². The van der Waals surface area contributed by atoms with E-state index >= 15 is 0 Å². The largest absolute Gasteiger partial charge is 0.452 e. The Balaban J connectivity index is 2.48. The van der Waals surface area contributed by atoms with Gasteiger partial charge in [-0.2, -0.15) is 0 Å². The number of carbonyl (C=O) groups is 1. The number of anilines is 1. The van der Waals surface area contributed by atoms with E-state index in [0.717, 1.165) is 18.4 Å². The minimum absolute atomic E-state index is 0.00822. The SMILES string of the molecule is CNC(=O)c1ccc(NS(C)(=O)=O)c(Oc2ccc(F)cc2F)c1. The molecule has 0 aromatic heterocycles. The first-order valence-corrected chi connectivity index (χ1v) is 8.55. The first kappa shape index (κ1) is 17.7. The summed E-state index contributed by atoms with van der Waals surface area (Å²) in [7, 11) is -2.21. The second kappa shape index (κ2) is 6.83. The lowest BCUT2D eigenvalue weighted by atomic mass is 10.2. The van der Waals surface area contributed by atoms with Gasteiger partial charge in [0.1, 0.15) is 5.82 Å². The lowest BCUT2D eigenvalue weighted by Gasteiger charge is -2.14. The fourth-order valence-electron chi connectivity index (χ4n) is 1.85. The molecule has 0 spiro atoms. The van der Waals surface area contributed by atoms with Crippen molar-refractivity contribution in [1.29, 1.82) is 0 Å². The van der Waals surface area contributed by atoms with Crippen LogP contribution in [-0.2, 0) is 10.0 Å². The third kappa shape index (κ3) is 4.42. The number of hydrogen-bond acceptors (Lipinski definition) is 4. The van der Waals surface area contributed by atoms with Gasteiger partial charge in [-0.05, 0) is 30.3 Å². The molecule has 2 aromatic carbocycles. The summed E-state index contributed by atoms with van der Waals surface area (Å²) in [4.78, 5) is 11.7. The quantitative estimate of drug-likeness (QED) is 0.862. The molecule has 0 fully saturated rings. The van der Waals surface area contributed by atoms with E-state index in [0.29, 0.717) is 6.07 Å². The summed E-state index contributed by atoms with van der Waals surface area (Å²) in [6.07, 6.45) is 0.932. The van der Waals surface area contributed by atoms with Crippen LogP contribution in [0.2, 0.25) is 0 Å². The molecule has 0 aliphatic carbocycles. The van der Waals surface area contributed by atoms with Crippen molar-refractivity contribution in [2.75, 3.05) is 18.0 Å². The van der Waals surface area contributed by atoms with Crippen molar-refractivity contribution in [3.63, 3.8) is 0 Å². The average Bonchev–Trinajstić information content (AvgIpc) is 2.49. The van der Waals surface area contributed by atoms with Crippen LogP contribution < -0.4 is 14.8 Å². The molecule has 6 nitrogen and oxygen atoms in total. The van der Waals surface area contributed by atoms with Gasteiger partial charge in [0.05, 0.1) is 11.9 Å². The summed E-state index contributed by atoms with van der Waals surface area (Å²) in [5.41, 5.74) is 0.183. The average molecular weight is 356 g/mol. The van der Waals surface area contributed by atoms with Gasteiger partial charge in [0.2, 0.25) is 10.0 Å². The number of ether oxygens (including phenoxy) is 1. The Morgan fingerprint density at radius 3 is 2.38 bits per heavy atom. The molecule has 24 heavy (non-hydrogen) atoms. The van der Waals surface area contributed by atoms with Crippen molar-refractivity contribution >= 4 is 21.6 Å². The first-order chi connectivity index (χ1) is 11.2. The Bertz CT molecular complexity index is 885. The second-order valence-corrected chi connectivity index (χ2v) is 6.59.